The molecule has 76 valence electrons. The van der Waals surface area contributed by atoms with Crippen molar-refractivity contribution in [3.8, 4) is 0 Å². The van der Waals surface area contributed by atoms with Gasteiger partial charge in [-0.05, 0) is 23.1 Å². The van der Waals surface area contributed by atoms with E-state index >= 15 is 0 Å². The molecule has 0 heterocycles. The van der Waals surface area contributed by atoms with Crippen molar-refractivity contribution < 1.29 is 10.2 Å². The van der Waals surface area contributed by atoms with Gasteiger partial charge in [-0.1, -0.05) is 18.2 Å². The van der Waals surface area contributed by atoms with Crippen molar-refractivity contribution in [2.24, 2.45) is 5.73 Å². The van der Waals surface area contributed by atoms with Gasteiger partial charge in [-0.15, -0.1) is 0 Å². The van der Waals surface area contributed by atoms with Crippen molar-refractivity contribution in [2.45, 2.75) is 31.6 Å². The van der Waals surface area contributed by atoms with Gasteiger partial charge in [0.25, 0.3) is 0 Å². The number of aliphatic hydroxyl groups is 2. The fourth-order valence-electron chi connectivity index (χ4n) is 1.78. The van der Waals surface area contributed by atoms with Gasteiger partial charge in [0.2, 0.25) is 0 Å². The lowest BCUT2D eigenvalue weighted by Crippen LogP contribution is -2.02. The first-order chi connectivity index (χ1) is 6.76. The van der Waals surface area contributed by atoms with Gasteiger partial charge < -0.3 is 15.9 Å². The van der Waals surface area contributed by atoms with E-state index in [4.69, 9.17) is 15.9 Å². The Labute approximate surface area is 83.2 Å². The molecule has 1 aliphatic carbocycles. The molecule has 1 saturated carbocycles. The summed E-state index contributed by atoms with van der Waals surface area (Å²) in [6, 6.07) is 6.08. The number of benzene rings is 1. The summed E-state index contributed by atoms with van der Waals surface area (Å²) >= 11 is 0. The molecule has 1 aromatic carbocycles. The van der Waals surface area contributed by atoms with Crippen molar-refractivity contribution >= 4 is 0 Å². The van der Waals surface area contributed by atoms with Crippen LogP contribution in [-0.2, 0) is 13.2 Å². The third kappa shape index (κ3) is 1.66. The molecular formula is C11H15NO2. The fraction of sp³-hybridized carbons (Fsp3) is 0.455. The second-order valence-electron chi connectivity index (χ2n) is 3.85. The van der Waals surface area contributed by atoms with Gasteiger partial charge in [0.05, 0.1) is 13.2 Å². The molecule has 0 amide bonds. The van der Waals surface area contributed by atoms with Crippen molar-refractivity contribution in [1.29, 1.82) is 0 Å². The largest absolute Gasteiger partial charge is 0.392 e. The summed E-state index contributed by atoms with van der Waals surface area (Å²) in [6.07, 6.45) is 1.03. The van der Waals surface area contributed by atoms with Gasteiger partial charge in [-0.3, -0.25) is 0 Å². The summed E-state index contributed by atoms with van der Waals surface area (Å²) in [6.45, 7) is -0.0431. The van der Waals surface area contributed by atoms with Crippen molar-refractivity contribution in [2.75, 3.05) is 0 Å². The SMILES string of the molecule is NC1CC1c1ccc(CO)c(CO)c1. The van der Waals surface area contributed by atoms with Crippen molar-refractivity contribution in [3.05, 3.63) is 34.9 Å². The average molecular weight is 193 g/mol. The van der Waals surface area contributed by atoms with Crippen molar-refractivity contribution in [1.82, 2.24) is 0 Å². The zero-order chi connectivity index (χ0) is 10.1. The number of hydrogen-bond acceptors (Lipinski definition) is 3. The predicted octanol–water partition coefficient (Wildman–Crippen LogP) is 0.486. The molecule has 1 aromatic rings. The number of hydrogen-bond donors (Lipinski definition) is 3. The molecule has 3 nitrogen and oxygen atoms in total. The lowest BCUT2D eigenvalue weighted by molar-refractivity contribution is 0.260. The first-order valence-corrected chi connectivity index (χ1v) is 4.85. The second-order valence-corrected chi connectivity index (χ2v) is 3.85. The highest BCUT2D eigenvalue weighted by Gasteiger charge is 2.34. The summed E-state index contributed by atoms with van der Waals surface area (Å²) in [7, 11) is 0. The van der Waals surface area contributed by atoms with E-state index in [9.17, 15) is 0 Å². The summed E-state index contributed by atoms with van der Waals surface area (Å²) < 4.78 is 0. The minimum absolute atomic E-state index is 0.0209. The lowest BCUT2D eigenvalue weighted by atomic mass is 10.0. The molecule has 2 unspecified atom stereocenters. The number of aliphatic hydroxyl groups excluding tert-OH is 2. The lowest BCUT2D eigenvalue weighted by Gasteiger charge is -2.07. The Morgan fingerprint density at radius 1 is 1.21 bits per heavy atom. The van der Waals surface area contributed by atoms with E-state index in [1.165, 1.54) is 5.56 Å². The monoisotopic (exact) mass is 193 g/mol. The molecule has 2 rings (SSSR count). The third-order valence-electron chi connectivity index (χ3n) is 2.84. The van der Waals surface area contributed by atoms with Crippen LogP contribution in [-0.4, -0.2) is 16.3 Å². The highest BCUT2D eigenvalue weighted by molar-refractivity contribution is 5.36. The van der Waals surface area contributed by atoms with Crippen LogP contribution < -0.4 is 5.73 Å². The molecule has 0 aromatic heterocycles. The van der Waals surface area contributed by atoms with Gasteiger partial charge in [0.1, 0.15) is 0 Å². The maximum absolute atomic E-state index is 9.10. The second kappa shape index (κ2) is 3.69. The Balaban J connectivity index is 2.27. The summed E-state index contributed by atoms with van der Waals surface area (Å²) in [5.74, 6) is 0.452. The Hall–Kier alpha value is -0.900. The van der Waals surface area contributed by atoms with E-state index in [0.717, 1.165) is 17.5 Å². The average Bonchev–Trinajstić information content (AvgIpc) is 2.94. The first-order valence-electron chi connectivity index (χ1n) is 4.85. The van der Waals surface area contributed by atoms with Crippen LogP contribution in [0.1, 0.15) is 29.0 Å². The minimum atomic E-state index is -0.0221. The van der Waals surface area contributed by atoms with Crippen LogP contribution in [0.3, 0.4) is 0 Å². The topological polar surface area (TPSA) is 66.5 Å². The van der Waals surface area contributed by atoms with Crippen LogP contribution >= 0.6 is 0 Å². The Kier molecular flexibility index (Phi) is 2.54. The van der Waals surface area contributed by atoms with Crippen molar-refractivity contribution in [3.63, 3.8) is 0 Å². The molecular weight excluding hydrogens is 178 g/mol. The molecule has 1 aliphatic rings. The van der Waals surface area contributed by atoms with Crippen LogP contribution in [0, 0.1) is 0 Å². The molecule has 4 N–H and O–H groups in total. The smallest absolute Gasteiger partial charge is 0.0685 e. The maximum atomic E-state index is 9.10. The molecule has 0 saturated heterocycles. The van der Waals surface area contributed by atoms with E-state index in [-0.39, 0.29) is 19.3 Å². The minimum Gasteiger partial charge on any atom is -0.392 e. The molecule has 0 bridgehead atoms. The molecule has 0 radical (unpaired) electrons. The zero-order valence-corrected chi connectivity index (χ0v) is 7.98. The van der Waals surface area contributed by atoms with Gasteiger partial charge in [0.15, 0.2) is 0 Å². The predicted molar refractivity (Wildman–Crippen MR) is 53.6 cm³/mol. The van der Waals surface area contributed by atoms with Crippen LogP contribution in [0.2, 0.25) is 0 Å². The maximum Gasteiger partial charge on any atom is 0.0685 e. The zero-order valence-electron chi connectivity index (χ0n) is 7.98. The van der Waals surface area contributed by atoms with E-state index in [1.807, 2.05) is 18.2 Å². The summed E-state index contributed by atoms with van der Waals surface area (Å²) in [4.78, 5) is 0. The van der Waals surface area contributed by atoms with Crippen LogP contribution in [0.5, 0.6) is 0 Å². The van der Waals surface area contributed by atoms with Crippen LogP contribution in [0.4, 0.5) is 0 Å². The number of nitrogens with two attached hydrogens (primary N) is 1. The summed E-state index contributed by atoms with van der Waals surface area (Å²) in [5.41, 5.74) is 8.53. The van der Waals surface area contributed by atoms with Gasteiger partial charge in [-0.2, -0.15) is 0 Å². The standard InChI is InChI=1S/C11H15NO2/c12-11-4-10(11)7-1-2-8(5-13)9(3-7)6-14/h1-3,10-11,13-14H,4-6,12H2. The first kappa shape index (κ1) is 9.65. The quantitative estimate of drug-likeness (QED) is 0.654. The Morgan fingerprint density at radius 2 is 1.86 bits per heavy atom. The molecule has 3 heteroatoms. The summed E-state index contributed by atoms with van der Waals surface area (Å²) in [5, 5.41) is 18.1. The van der Waals surface area contributed by atoms with Crippen LogP contribution in [0.15, 0.2) is 18.2 Å². The molecule has 1 fully saturated rings. The van der Waals surface area contributed by atoms with E-state index < -0.39 is 0 Å². The normalized spacial score (nSPS) is 25.1. The Bertz CT molecular complexity index is 338. The highest BCUT2D eigenvalue weighted by atomic mass is 16.3. The molecule has 2 atom stereocenters. The highest BCUT2D eigenvalue weighted by Crippen LogP contribution is 2.39. The third-order valence-corrected chi connectivity index (χ3v) is 2.84. The van der Waals surface area contributed by atoms with Gasteiger partial charge in [-0.25, -0.2) is 0 Å². The van der Waals surface area contributed by atoms with E-state index in [1.54, 1.807) is 0 Å². The fourth-order valence-corrected chi connectivity index (χ4v) is 1.78. The molecule has 14 heavy (non-hydrogen) atoms. The van der Waals surface area contributed by atoms with Crippen LogP contribution in [0.25, 0.3) is 0 Å². The van der Waals surface area contributed by atoms with E-state index in [0.29, 0.717) is 5.92 Å². The number of rotatable bonds is 3. The van der Waals surface area contributed by atoms with Gasteiger partial charge in [0, 0.05) is 12.0 Å². The molecule has 0 aliphatic heterocycles. The molecule has 0 spiro atoms. The van der Waals surface area contributed by atoms with Gasteiger partial charge >= 0.3 is 0 Å². The Morgan fingerprint density at radius 3 is 2.36 bits per heavy atom. The van der Waals surface area contributed by atoms with E-state index in [2.05, 4.69) is 0 Å².